The van der Waals surface area contributed by atoms with E-state index in [2.05, 4.69) is 10.6 Å². The van der Waals surface area contributed by atoms with Gasteiger partial charge < -0.3 is 15.4 Å². The quantitative estimate of drug-likeness (QED) is 0.599. The molecule has 0 heterocycles. The minimum atomic E-state index is -0.694. The van der Waals surface area contributed by atoms with Gasteiger partial charge >= 0.3 is 0 Å². The van der Waals surface area contributed by atoms with Crippen molar-refractivity contribution in [1.82, 2.24) is 5.32 Å². The van der Waals surface area contributed by atoms with Crippen LogP contribution in [0.5, 0.6) is 5.75 Å². The first-order chi connectivity index (χ1) is 13.5. The van der Waals surface area contributed by atoms with E-state index >= 15 is 0 Å². The van der Waals surface area contributed by atoms with E-state index in [0.29, 0.717) is 29.2 Å². The van der Waals surface area contributed by atoms with Crippen molar-refractivity contribution in [1.29, 1.82) is 0 Å². The summed E-state index contributed by atoms with van der Waals surface area (Å²) < 4.78 is 5.43. The fraction of sp³-hybridized carbons (Fsp3) is 0.286. The number of para-hydroxylation sites is 1. The van der Waals surface area contributed by atoms with Crippen molar-refractivity contribution in [2.45, 2.75) is 19.4 Å². The number of benzene rings is 2. The van der Waals surface area contributed by atoms with Gasteiger partial charge in [-0.3, -0.25) is 14.4 Å². The molecule has 2 N–H and O–H groups in total. The lowest BCUT2D eigenvalue weighted by molar-refractivity contribution is -0.127. The second-order valence-electron chi connectivity index (χ2n) is 6.13. The van der Waals surface area contributed by atoms with E-state index in [0.717, 1.165) is 0 Å². The van der Waals surface area contributed by atoms with Crippen molar-refractivity contribution >= 4 is 35.0 Å². The molecule has 0 bridgehead atoms. The Labute approximate surface area is 169 Å². The maximum atomic E-state index is 12.6. The van der Waals surface area contributed by atoms with E-state index in [-0.39, 0.29) is 24.2 Å². The zero-order valence-corrected chi connectivity index (χ0v) is 16.8. The normalized spacial score (nSPS) is 11.4. The lowest BCUT2D eigenvalue weighted by Crippen LogP contribution is -2.45. The third-order valence-electron chi connectivity index (χ3n) is 3.91. The minimum Gasteiger partial charge on any atom is -0.484 e. The summed E-state index contributed by atoms with van der Waals surface area (Å²) in [6.45, 7) is 1.29. The van der Waals surface area contributed by atoms with Crippen LogP contribution >= 0.6 is 11.8 Å². The van der Waals surface area contributed by atoms with Crippen molar-refractivity contribution in [2.24, 2.45) is 0 Å². The molecule has 0 saturated heterocycles. The van der Waals surface area contributed by atoms with Crippen LogP contribution in [0, 0.1) is 0 Å². The van der Waals surface area contributed by atoms with Crippen LogP contribution < -0.4 is 15.4 Å². The van der Waals surface area contributed by atoms with Gasteiger partial charge in [0.25, 0.3) is 5.91 Å². The number of Topliss-reactive ketones (excluding diaryl/α,β-unsaturated/α-hetero) is 1. The molecule has 6 nitrogen and oxygen atoms in total. The minimum absolute atomic E-state index is 0.0820. The fourth-order valence-corrected chi connectivity index (χ4v) is 2.92. The maximum absolute atomic E-state index is 12.6. The molecule has 148 valence electrons. The van der Waals surface area contributed by atoms with Crippen LogP contribution in [0.2, 0.25) is 0 Å². The fourth-order valence-electron chi connectivity index (χ4n) is 2.45. The number of hydrogen-bond donors (Lipinski definition) is 2. The van der Waals surface area contributed by atoms with Crippen molar-refractivity contribution in [2.75, 3.05) is 23.9 Å². The molecule has 0 radical (unpaired) electrons. The number of rotatable bonds is 10. The van der Waals surface area contributed by atoms with Gasteiger partial charge in [0.2, 0.25) is 5.91 Å². The molecule has 0 aliphatic carbocycles. The molecular formula is C21H24N2O4S. The highest BCUT2D eigenvalue weighted by Gasteiger charge is 2.21. The molecule has 2 aromatic rings. The molecule has 0 saturated carbocycles. The molecule has 7 heteroatoms. The van der Waals surface area contributed by atoms with Crippen LogP contribution in [0.4, 0.5) is 5.69 Å². The summed E-state index contributed by atoms with van der Waals surface area (Å²) in [5.74, 6) is 0.515. The van der Waals surface area contributed by atoms with Gasteiger partial charge in [-0.2, -0.15) is 11.8 Å². The zero-order valence-electron chi connectivity index (χ0n) is 15.9. The maximum Gasteiger partial charge on any atom is 0.258 e. The Morgan fingerprint density at radius 3 is 2.50 bits per heavy atom. The number of anilines is 1. The van der Waals surface area contributed by atoms with Gasteiger partial charge in [-0.1, -0.05) is 30.3 Å². The average molecular weight is 401 g/mol. The second kappa shape index (κ2) is 11.1. The van der Waals surface area contributed by atoms with Gasteiger partial charge in [0.05, 0.1) is 0 Å². The molecule has 0 aromatic heterocycles. The topological polar surface area (TPSA) is 84.5 Å². The first kappa shape index (κ1) is 21.5. The van der Waals surface area contributed by atoms with Crippen LogP contribution in [-0.2, 0) is 9.59 Å². The lowest BCUT2D eigenvalue weighted by Gasteiger charge is -2.18. The molecule has 2 aromatic carbocycles. The van der Waals surface area contributed by atoms with Crippen LogP contribution in [-0.4, -0.2) is 42.3 Å². The van der Waals surface area contributed by atoms with Crippen molar-refractivity contribution in [3.8, 4) is 5.75 Å². The van der Waals surface area contributed by atoms with E-state index < -0.39 is 6.04 Å². The number of hydrogen-bond acceptors (Lipinski definition) is 5. The monoisotopic (exact) mass is 400 g/mol. The van der Waals surface area contributed by atoms with Gasteiger partial charge in [-0.15, -0.1) is 0 Å². The highest BCUT2D eigenvalue weighted by atomic mass is 32.2. The first-order valence-corrected chi connectivity index (χ1v) is 10.3. The third kappa shape index (κ3) is 7.08. The number of thioether (sulfide) groups is 1. The summed E-state index contributed by atoms with van der Waals surface area (Å²) in [6.07, 6.45) is 2.42. The Morgan fingerprint density at radius 1 is 1.07 bits per heavy atom. The summed E-state index contributed by atoms with van der Waals surface area (Å²) in [5, 5.41) is 5.49. The molecule has 0 spiro atoms. The molecule has 0 fully saturated rings. The van der Waals surface area contributed by atoms with E-state index in [4.69, 9.17) is 4.74 Å². The Balaban J connectivity index is 1.97. The summed E-state index contributed by atoms with van der Waals surface area (Å²) in [4.78, 5) is 36.4. The molecule has 28 heavy (non-hydrogen) atoms. The molecule has 2 rings (SSSR count). The van der Waals surface area contributed by atoms with Crippen LogP contribution in [0.3, 0.4) is 0 Å². The largest absolute Gasteiger partial charge is 0.484 e. The Morgan fingerprint density at radius 2 is 1.82 bits per heavy atom. The van der Waals surface area contributed by atoms with Gasteiger partial charge in [-0.25, -0.2) is 0 Å². The Hall–Kier alpha value is -2.80. The summed E-state index contributed by atoms with van der Waals surface area (Å²) in [6, 6.07) is 15.0. The highest BCUT2D eigenvalue weighted by Crippen LogP contribution is 2.13. The second-order valence-corrected chi connectivity index (χ2v) is 7.12. The summed E-state index contributed by atoms with van der Waals surface area (Å²) in [7, 11) is 0. The number of nitrogens with one attached hydrogen (secondary N) is 2. The van der Waals surface area contributed by atoms with E-state index in [1.165, 1.54) is 6.92 Å². The number of ketones is 1. The molecule has 0 aliphatic rings. The van der Waals surface area contributed by atoms with Crippen molar-refractivity contribution < 1.29 is 19.1 Å². The number of amides is 2. The SMILES string of the molecule is CSCCC(NC(=O)COc1ccccc1)C(=O)Nc1cccc(C(C)=O)c1. The van der Waals surface area contributed by atoms with E-state index in [1.54, 1.807) is 48.2 Å². The summed E-state index contributed by atoms with van der Waals surface area (Å²) >= 11 is 1.59. The van der Waals surface area contributed by atoms with Crippen LogP contribution in [0.25, 0.3) is 0 Å². The van der Waals surface area contributed by atoms with Crippen molar-refractivity contribution in [3.63, 3.8) is 0 Å². The average Bonchev–Trinajstić information content (AvgIpc) is 2.70. The molecule has 0 aliphatic heterocycles. The Bertz CT molecular complexity index is 811. The number of ether oxygens (including phenoxy) is 1. The zero-order chi connectivity index (χ0) is 20.4. The smallest absolute Gasteiger partial charge is 0.258 e. The predicted octanol–water partition coefficient (Wildman–Crippen LogP) is 3.14. The first-order valence-electron chi connectivity index (χ1n) is 8.87. The lowest BCUT2D eigenvalue weighted by atomic mass is 10.1. The van der Waals surface area contributed by atoms with Crippen LogP contribution in [0.15, 0.2) is 54.6 Å². The third-order valence-corrected chi connectivity index (χ3v) is 4.56. The van der Waals surface area contributed by atoms with Gasteiger partial charge in [0, 0.05) is 11.3 Å². The highest BCUT2D eigenvalue weighted by molar-refractivity contribution is 7.98. The standard InChI is InChI=1S/C21H24N2O4S/c1-15(24)16-7-6-8-17(13-16)22-21(26)19(11-12-28-2)23-20(25)14-27-18-9-4-3-5-10-18/h3-10,13,19H,11-12,14H2,1-2H3,(H,22,26)(H,23,25). The Kier molecular flexibility index (Phi) is 8.55. The van der Waals surface area contributed by atoms with E-state index in [9.17, 15) is 14.4 Å². The number of carbonyl (C=O) groups is 3. The molecule has 1 atom stereocenters. The van der Waals surface area contributed by atoms with Gasteiger partial charge in [-0.05, 0) is 49.6 Å². The molecular weight excluding hydrogens is 376 g/mol. The van der Waals surface area contributed by atoms with Crippen molar-refractivity contribution in [3.05, 3.63) is 60.2 Å². The van der Waals surface area contributed by atoms with Crippen LogP contribution in [0.1, 0.15) is 23.7 Å². The van der Waals surface area contributed by atoms with E-state index in [1.807, 2.05) is 24.5 Å². The number of carbonyl (C=O) groups excluding carboxylic acids is 3. The molecule has 1 unspecified atom stereocenters. The summed E-state index contributed by atoms with van der Waals surface area (Å²) in [5.41, 5.74) is 1.03. The molecule has 2 amide bonds. The predicted molar refractivity (Wildman–Crippen MR) is 112 cm³/mol. The van der Waals surface area contributed by atoms with Gasteiger partial charge in [0.1, 0.15) is 11.8 Å². The van der Waals surface area contributed by atoms with Gasteiger partial charge in [0.15, 0.2) is 12.4 Å².